The molecule has 1 aliphatic rings. The molecule has 2 nitrogen and oxygen atoms in total. The fourth-order valence-electron chi connectivity index (χ4n) is 3.70. The molecule has 3 atom stereocenters. The lowest BCUT2D eigenvalue weighted by molar-refractivity contribution is -0.156. The summed E-state index contributed by atoms with van der Waals surface area (Å²) in [6.45, 7) is 9.05. The molecule has 130 valence electrons. The van der Waals surface area contributed by atoms with E-state index in [4.69, 9.17) is 4.74 Å². The van der Waals surface area contributed by atoms with E-state index in [9.17, 15) is 4.79 Å². The monoisotopic (exact) mass is 310 g/mol. The summed E-state index contributed by atoms with van der Waals surface area (Å²) >= 11 is 0. The van der Waals surface area contributed by atoms with Crippen molar-refractivity contribution in [1.82, 2.24) is 0 Å². The summed E-state index contributed by atoms with van der Waals surface area (Å²) in [5, 5.41) is 0. The minimum Gasteiger partial charge on any atom is -0.462 e. The number of carbonyl (C=O) groups excluding carboxylic acids is 1. The Morgan fingerprint density at radius 3 is 2.32 bits per heavy atom. The lowest BCUT2D eigenvalue weighted by atomic mass is 9.75. The first-order chi connectivity index (χ1) is 10.5. The van der Waals surface area contributed by atoms with Crippen molar-refractivity contribution in [2.45, 2.75) is 104 Å². The molecule has 0 radical (unpaired) electrons. The minimum atomic E-state index is 0.0401. The number of hydrogen-bond acceptors (Lipinski definition) is 2. The van der Waals surface area contributed by atoms with Crippen LogP contribution in [0.3, 0.4) is 0 Å². The highest BCUT2D eigenvalue weighted by molar-refractivity contribution is 5.69. The zero-order valence-electron chi connectivity index (χ0n) is 15.4. The lowest BCUT2D eigenvalue weighted by Crippen LogP contribution is -2.35. The van der Waals surface area contributed by atoms with Gasteiger partial charge in [-0.2, -0.15) is 0 Å². The summed E-state index contributed by atoms with van der Waals surface area (Å²) in [6, 6.07) is 0. The van der Waals surface area contributed by atoms with Crippen LogP contribution in [0.4, 0.5) is 0 Å². The largest absolute Gasteiger partial charge is 0.462 e. The molecule has 1 fully saturated rings. The first kappa shape index (κ1) is 19.5. The molecular formula is C20H38O2. The number of esters is 1. The fourth-order valence-corrected chi connectivity index (χ4v) is 3.70. The van der Waals surface area contributed by atoms with Gasteiger partial charge in [0.15, 0.2) is 0 Å². The molecule has 3 unspecified atom stereocenters. The summed E-state index contributed by atoms with van der Waals surface area (Å²) in [5.41, 5.74) is 0. The van der Waals surface area contributed by atoms with E-state index in [1.165, 1.54) is 51.4 Å². The van der Waals surface area contributed by atoms with Crippen LogP contribution in [0.5, 0.6) is 0 Å². The van der Waals surface area contributed by atoms with Gasteiger partial charge in [0.05, 0.1) is 0 Å². The summed E-state index contributed by atoms with van der Waals surface area (Å²) in [7, 11) is 0. The third kappa shape index (κ3) is 7.65. The molecule has 0 heterocycles. The van der Waals surface area contributed by atoms with Crippen LogP contribution in [0.15, 0.2) is 0 Å². The summed E-state index contributed by atoms with van der Waals surface area (Å²) in [5.74, 6) is 1.92. The van der Waals surface area contributed by atoms with Crippen LogP contribution >= 0.6 is 0 Å². The quantitative estimate of drug-likeness (QED) is 0.358. The average molecular weight is 311 g/mol. The molecule has 22 heavy (non-hydrogen) atoms. The highest BCUT2D eigenvalue weighted by Crippen LogP contribution is 2.35. The van der Waals surface area contributed by atoms with E-state index in [2.05, 4.69) is 27.7 Å². The first-order valence-electron chi connectivity index (χ1n) is 9.74. The Morgan fingerprint density at radius 2 is 1.68 bits per heavy atom. The van der Waals surface area contributed by atoms with Crippen molar-refractivity contribution in [3.8, 4) is 0 Å². The van der Waals surface area contributed by atoms with Crippen LogP contribution in [0.25, 0.3) is 0 Å². The van der Waals surface area contributed by atoms with Crippen molar-refractivity contribution in [1.29, 1.82) is 0 Å². The highest BCUT2D eigenvalue weighted by Gasteiger charge is 2.33. The van der Waals surface area contributed by atoms with E-state index in [1.807, 2.05) is 0 Å². The lowest BCUT2D eigenvalue weighted by Gasteiger charge is -2.36. The molecular weight excluding hydrogens is 272 g/mol. The van der Waals surface area contributed by atoms with E-state index in [1.54, 1.807) is 0 Å². The molecule has 0 N–H and O–H groups in total. The van der Waals surface area contributed by atoms with Crippen LogP contribution in [0, 0.1) is 17.8 Å². The maximum Gasteiger partial charge on any atom is 0.306 e. The standard InChI is InChI=1S/C20H38O2/c1-5-6-7-8-9-10-11-12-20(21)22-19-15-17(4)13-14-18(19)16(2)3/h16-19H,5-15H2,1-4H3. The molecule has 0 aromatic rings. The van der Waals surface area contributed by atoms with Crippen molar-refractivity contribution in [3.63, 3.8) is 0 Å². The van der Waals surface area contributed by atoms with Gasteiger partial charge in [-0.15, -0.1) is 0 Å². The Hall–Kier alpha value is -0.530. The third-order valence-electron chi connectivity index (χ3n) is 5.23. The van der Waals surface area contributed by atoms with Gasteiger partial charge in [-0.25, -0.2) is 0 Å². The Kier molecular flexibility index (Phi) is 9.82. The predicted molar refractivity (Wildman–Crippen MR) is 93.8 cm³/mol. The Balaban J connectivity index is 2.19. The van der Waals surface area contributed by atoms with Crippen LogP contribution in [-0.4, -0.2) is 12.1 Å². The SMILES string of the molecule is CCCCCCCCCC(=O)OC1CC(C)CCC1C(C)C. The van der Waals surface area contributed by atoms with E-state index in [0.717, 1.165) is 12.8 Å². The Morgan fingerprint density at radius 1 is 1.05 bits per heavy atom. The number of ether oxygens (including phenoxy) is 1. The smallest absolute Gasteiger partial charge is 0.306 e. The molecule has 1 saturated carbocycles. The van der Waals surface area contributed by atoms with Gasteiger partial charge in [0, 0.05) is 6.42 Å². The average Bonchev–Trinajstić information content (AvgIpc) is 2.46. The number of carbonyl (C=O) groups is 1. The first-order valence-corrected chi connectivity index (χ1v) is 9.74. The number of rotatable bonds is 10. The molecule has 1 rings (SSSR count). The van der Waals surface area contributed by atoms with Gasteiger partial charge in [0.25, 0.3) is 0 Å². The van der Waals surface area contributed by atoms with Gasteiger partial charge in [0.1, 0.15) is 6.10 Å². The maximum atomic E-state index is 12.1. The predicted octanol–water partition coefficient (Wildman–Crippen LogP) is 6.13. The summed E-state index contributed by atoms with van der Waals surface area (Å²) in [6.07, 6.45) is 13.1. The molecule has 0 bridgehead atoms. The zero-order chi connectivity index (χ0) is 16.4. The normalized spacial score (nSPS) is 25.4. The zero-order valence-corrected chi connectivity index (χ0v) is 15.4. The van der Waals surface area contributed by atoms with Crippen molar-refractivity contribution >= 4 is 5.97 Å². The molecule has 0 aliphatic heterocycles. The van der Waals surface area contributed by atoms with E-state index in [-0.39, 0.29) is 12.1 Å². The van der Waals surface area contributed by atoms with E-state index < -0.39 is 0 Å². The Labute approximate surface area is 138 Å². The molecule has 1 aliphatic carbocycles. The van der Waals surface area contributed by atoms with Gasteiger partial charge < -0.3 is 4.74 Å². The second-order valence-electron chi connectivity index (χ2n) is 7.73. The minimum absolute atomic E-state index is 0.0401. The molecule has 0 aromatic carbocycles. The van der Waals surface area contributed by atoms with Gasteiger partial charge >= 0.3 is 5.97 Å². The molecule has 0 amide bonds. The van der Waals surface area contributed by atoms with Crippen LogP contribution in [0.1, 0.15) is 98.3 Å². The van der Waals surface area contributed by atoms with Crippen molar-refractivity contribution in [3.05, 3.63) is 0 Å². The second-order valence-corrected chi connectivity index (χ2v) is 7.73. The molecule has 0 aromatic heterocycles. The summed E-state index contributed by atoms with van der Waals surface area (Å²) in [4.78, 5) is 12.1. The summed E-state index contributed by atoms with van der Waals surface area (Å²) < 4.78 is 5.84. The van der Waals surface area contributed by atoms with Gasteiger partial charge in [-0.3, -0.25) is 4.79 Å². The fraction of sp³-hybridized carbons (Fsp3) is 0.950. The van der Waals surface area contributed by atoms with Crippen LogP contribution in [-0.2, 0) is 9.53 Å². The molecule has 2 heteroatoms. The van der Waals surface area contributed by atoms with Crippen LogP contribution < -0.4 is 0 Å². The third-order valence-corrected chi connectivity index (χ3v) is 5.23. The maximum absolute atomic E-state index is 12.1. The molecule has 0 spiro atoms. The Bertz CT molecular complexity index is 298. The highest BCUT2D eigenvalue weighted by atomic mass is 16.5. The van der Waals surface area contributed by atoms with Gasteiger partial charge in [0.2, 0.25) is 0 Å². The van der Waals surface area contributed by atoms with Crippen molar-refractivity contribution in [2.75, 3.05) is 0 Å². The topological polar surface area (TPSA) is 26.3 Å². The van der Waals surface area contributed by atoms with Gasteiger partial charge in [-0.05, 0) is 37.0 Å². The molecule has 0 saturated heterocycles. The van der Waals surface area contributed by atoms with Crippen LogP contribution in [0.2, 0.25) is 0 Å². The number of unbranched alkanes of at least 4 members (excludes halogenated alkanes) is 6. The van der Waals surface area contributed by atoms with E-state index >= 15 is 0 Å². The van der Waals surface area contributed by atoms with E-state index in [0.29, 0.717) is 24.2 Å². The number of hydrogen-bond donors (Lipinski definition) is 0. The van der Waals surface area contributed by atoms with Crippen molar-refractivity contribution < 1.29 is 9.53 Å². The van der Waals surface area contributed by atoms with Crippen molar-refractivity contribution in [2.24, 2.45) is 17.8 Å². The van der Waals surface area contributed by atoms with Gasteiger partial charge in [-0.1, -0.05) is 72.6 Å². The second kappa shape index (κ2) is 11.1.